The molecular weight excluding hydrogens is 344 g/mol. The predicted octanol–water partition coefficient (Wildman–Crippen LogP) is 5.45. The third-order valence-corrected chi connectivity index (χ3v) is 5.20. The summed E-state index contributed by atoms with van der Waals surface area (Å²) in [6.07, 6.45) is 4.10. The third-order valence-electron chi connectivity index (χ3n) is 3.27. The van der Waals surface area contributed by atoms with Gasteiger partial charge in [-0.15, -0.1) is 0 Å². The minimum absolute atomic E-state index is 0.450. The summed E-state index contributed by atoms with van der Waals surface area (Å²) in [5, 5.41) is 4.59. The molecular formula is C17H21BrN2S. The van der Waals surface area contributed by atoms with Gasteiger partial charge in [0.2, 0.25) is 0 Å². The quantitative estimate of drug-likeness (QED) is 0.707. The fourth-order valence-corrected chi connectivity index (χ4v) is 3.41. The Morgan fingerprint density at radius 2 is 1.95 bits per heavy atom. The number of nitrogens with one attached hydrogen (secondary N) is 1. The van der Waals surface area contributed by atoms with E-state index in [0.717, 1.165) is 28.9 Å². The standard InChI is InChI=1S/C17H21BrN2S/c1-3-11-19-16(4-2)13-7-9-14(10-8-13)21-17-15(18)6-5-12-20-17/h5-10,12,16,19H,3-4,11H2,1-2H3. The molecule has 0 saturated heterocycles. The van der Waals surface area contributed by atoms with Crippen molar-refractivity contribution in [1.82, 2.24) is 10.3 Å². The molecule has 0 aliphatic carbocycles. The highest BCUT2D eigenvalue weighted by Crippen LogP contribution is 2.32. The Morgan fingerprint density at radius 3 is 2.57 bits per heavy atom. The molecule has 4 heteroatoms. The van der Waals surface area contributed by atoms with Crippen molar-refractivity contribution in [1.29, 1.82) is 0 Å². The molecule has 1 heterocycles. The number of hydrogen-bond acceptors (Lipinski definition) is 3. The summed E-state index contributed by atoms with van der Waals surface area (Å²) in [7, 11) is 0. The molecule has 2 nitrogen and oxygen atoms in total. The van der Waals surface area contributed by atoms with E-state index in [0.29, 0.717) is 6.04 Å². The lowest BCUT2D eigenvalue weighted by Crippen LogP contribution is -2.21. The van der Waals surface area contributed by atoms with E-state index in [1.165, 1.54) is 10.5 Å². The molecule has 2 aromatic rings. The van der Waals surface area contributed by atoms with E-state index < -0.39 is 0 Å². The first kappa shape index (κ1) is 16.5. The van der Waals surface area contributed by atoms with E-state index in [-0.39, 0.29) is 0 Å². The first-order valence-electron chi connectivity index (χ1n) is 7.36. The van der Waals surface area contributed by atoms with Gasteiger partial charge in [0.25, 0.3) is 0 Å². The molecule has 1 N–H and O–H groups in total. The molecule has 0 fully saturated rings. The molecule has 0 bridgehead atoms. The molecule has 1 aromatic heterocycles. The zero-order valence-electron chi connectivity index (χ0n) is 12.5. The predicted molar refractivity (Wildman–Crippen MR) is 93.8 cm³/mol. The van der Waals surface area contributed by atoms with Crippen molar-refractivity contribution in [2.45, 2.75) is 42.7 Å². The maximum Gasteiger partial charge on any atom is 0.115 e. The van der Waals surface area contributed by atoms with Crippen molar-refractivity contribution < 1.29 is 0 Å². The van der Waals surface area contributed by atoms with Gasteiger partial charge in [-0.05, 0) is 65.1 Å². The van der Waals surface area contributed by atoms with Crippen molar-refractivity contribution in [2.24, 2.45) is 0 Å². The molecule has 0 radical (unpaired) electrons. The first-order chi connectivity index (χ1) is 10.2. The fourth-order valence-electron chi connectivity index (χ4n) is 2.14. The van der Waals surface area contributed by atoms with Crippen molar-refractivity contribution in [3.05, 3.63) is 52.6 Å². The van der Waals surface area contributed by atoms with Crippen LogP contribution in [0.25, 0.3) is 0 Å². The third kappa shape index (κ3) is 4.83. The monoisotopic (exact) mass is 364 g/mol. The molecule has 1 atom stereocenters. The van der Waals surface area contributed by atoms with Gasteiger partial charge in [-0.3, -0.25) is 0 Å². The van der Waals surface area contributed by atoms with Crippen LogP contribution in [0, 0.1) is 0 Å². The van der Waals surface area contributed by atoms with E-state index in [2.05, 4.69) is 64.3 Å². The van der Waals surface area contributed by atoms with Crippen LogP contribution in [0.3, 0.4) is 0 Å². The molecule has 21 heavy (non-hydrogen) atoms. The Hall–Kier alpha value is -0.840. The van der Waals surface area contributed by atoms with E-state index >= 15 is 0 Å². The smallest absolute Gasteiger partial charge is 0.115 e. The van der Waals surface area contributed by atoms with Crippen LogP contribution in [0.15, 0.2) is 57.0 Å². The normalized spacial score (nSPS) is 12.3. The molecule has 0 saturated carbocycles. The average molecular weight is 365 g/mol. The Balaban J connectivity index is 2.06. The summed E-state index contributed by atoms with van der Waals surface area (Å²) in [5.41, 5.74) is 1.36. The zero-order chi connectivity index (χ0) is 15.1. The fraction of sp³-hybridized carbons (Fsp3) is 0.353. The lowest BCUT2D eigenvalue weighted by atomic mass is 10.0. The summed E-state index contributed by atoms with van der Waals surface area (Å²) in [6, 6.07) is 13.2. The second-order valence-corrected chi connectivity index (χ2v) is 6.79. The highest BCUT2D eigenvalue weighted by molar-refractivity contribution is 9.10. The Bertz CT molecular complexity index is 557. The summed E-state index contributed by atoms with van der Waals surface area (Å²) in [5.74, 6) is 0. The van der Waals surface area contributed by atoms with E-state index in [1.807, 2.05) is 18.3 Å². The van der Waals surface area contributed by atoms with Gasteiger partial charge in [0.1, 0.15) is 5.03 Å². The van der Waals surface area contributed by atoms with Crippen LogP contribution in [0.4, 0.5) is 0 Å². The van der Waals surface area contributed by atoms with Crippen LogP contribution in [0.1, 0.15) is 38.3 Å². The minimum Gasteiger partial charge on any atom is -0.310 e. The van der Waals surface area contributed by atoms with Crippen LogP contribution in [0.2, 0.25) is 0 Å². The second-order valence-electron chi connectivity index (χ2n) is 4.88. The maximum atomic E-state index is 4.39. The first-order valence-corrected chi connectivity index (χ1v) is 8.97. The number of nitrogens with zero attached hydrogens (tertiary/aromatic N) is 1. The minimum atomic E-state index is 0.450. The number of rotatable bonds is 7. The molecule has 1 unspecified atom stereocenters. The number of aromatic nitrogens is 1. The van der Waals surface area contributed by atoms with Crippen LogP contribution < -0.4 is 5.32 Å². The van der Waals surface area contributed by atoms with Gasteiger partial charge in [-0.1, -0.05) is 37.7 Å². The summed E-state index contributed by atoms with van der Waals surface area (Å²) in [4.78, 5) is 5.60. The van der Waals surface area contributed by atoms with Gasteiger partial charge in [0, 0.05) is 17.1 Å². The van der Waals surface area contributed by atoms with Crippen LogP contribution in [0.5, 0.6) is 0 Å². The van der Waals surface area contributed by atoms with Crippen LogP contribution in [-0.4, -0.2) is 11.5 Å². The Morgan fingerprint density at radius 1 is 1.19 bits per heavy atom. The maximum absolute atomic E-state index is 4.39. The van der Waals surface area contributed by atoms with Gasteiger partial charge in [0.15, 0.2) is 0 Å². The average Bonchev–Trinajstić information content (AvgIpc) is 2.52. The summed E-state index contributed by atoms with van der Waals surface area (Å²) in [6.45, 7) is 5.49. The van der Waals surface area contributed by atoms with Crippen LogP contribution >= 0.6 is 27.7 Å². The van der Waals surface area contributed by atoms with Gasteiger partial charge in [0.05, 0.1) is 4.47 Å². The van der Waals surface area contributed by atoms with Crippen molar-refractivity contribution in [2.75, 3.05) is 6.54 Å². The van der Waals surface area contributed by atoms with E-state index in [1.54, 1.807) is 11.8 Å². The van der Waals surface area contributed by atoms with Crippen molar-refractivity contribution >= 4 is 27.7 Å². The Labute approximate surface area is 139 Å². The molecule has 112 valence electrons. The number of halogens is 1. The highest BCUT2D eigenvalue weighted by atomic mass is 79.9. The molecule has 0 amide bonds. The van der Waals surface area contributed by atoms with E-state index in [4.69, 9.17) is 0 Å². The summed E-state index contributed by atoms with van der Waals surface area (Å²) < 4.78 is 1.04. The van der Waals surface area contributed by atoms with E-state index in [9.17, 15) is 0 Å². The summed E-state index contributed by atoms with van der Waals surface area (Å²) >= 11 is 5.22. The van der Waals surface area contributed by atoms with Gasteiger partial charge in [-0.2, -0.15) is 0 Å². The largest absolute Gasteiger partial charge is 0.310 e. The molecule has 0 aliphatic heterocycles. The van der Waals surface area contributed by atoms with Crippen molar-refractivity contribution in [3.8, 4) is 0 Å². The number of hydrogen-bond donors (Lipinski definition) is 1. The molecule has 1 aromatic carbocycles. The van der Waals surface area contributed by atoms with Gasteiger partial charge < -0.3 is 5.32 Å². The van der Waals surface area contributed by atoms with Gasteiger partial charge >= 0.3 is 0 Å². The van der Waals surface area contributed by atoms with Crippen molar-refractivity contribution in [3.63, 3.8) is 0 Å². The Kier molecular flexibility index (Phi) is 6.74. The number of benzene rings is 1. The number of pyridine rings is 1. The second kappa shape index (κ2) is 8.57. The lowest BCUT2D eigenvalue weighted by Gasteiger charge is -2.17. The highest BCUT2D eigenvalue weighted by Gasteiger charge is 2.08. The van der Waals surface area contributed by atoms with Crippen LogP contribution in [-0.2, 0) is 0 Å². The SMILES string of the molecule is CCCNC(CC)c1ccc(Sc2ncccc2Br)cc1. The topological polar surface area (TPSA) is 24.9 Å². The zero-order valence-corrected chi connectivity index (χ0v) is 14.9. The van der Waals surface area contributed by atoms with Gasteiger partial charge in [-0.25, -0.2) is 4.98 Å². The molecule has 0 aliphatic rings. The molecule has 2 rings (SSSR count). The lowest BCUT2D eigenvalue weighted by molar-refractivity contribution is 0.518. The molecule has 0 spiro atoms.